The highest BCUT2D eigenvalue weighted by Gasteiger charge is 2.21. The van der Waals surface area contributed by atoms with E-state index in [9.17, 15) is 13.2 Å². The first kappa shape index (κ1) is 23.2. The van der Waals surface area contributed by atoms with Crippen LogP contribution in [0.4, 0.5) is 0 Å². The zero-order chi connectivity index (χ0) is 14.5. The Hall–Kier alpha value is -0.0800. The van der Waals surface area contributed by atoms with Gasteiger partial charge >= 0.3 is 0 Å². The van der Waals surface area contributed by atoms with Gasteiger partial charge in [-0.05, 0) is 12.3 Å². The van der Waals surface area contributed by atoms with Crippen LogP contribution in [0.5, 0.6) is 0 Å². The summed E-state index contributed by atoms with van der Waals surface area (Å²) in [6, 6.07) is -0.457. The van der Waals surface area contributed by atoms with Gasteiger partial charge in [-0.25, -0.2) is 8.42 Å². The van der Waals surface area contributed by atoms with Crippen LogP contribution in [0.15, 0.2) is 0 Å². The molecule has 9 heteroatoms. The number of nitrogens with zero attached hydrogens (tertiary/aromatic N) is 1. The monoisotopic (exact) mass is 363 g/mol. The molecule has 6 nitrogen and oxygen atoms in total. The van der Waals surface area contributed by atoms with Gasteiger partial charge in [-0.1, -0.05) is 13.8 Å². The first-order valence-corrected chi connectivity index (χ1v) is 8.58. The zero-order valence-electron chi connectivity index (χ0n) is 12.6. The topological polar surface area (TPSA) is 92.5 Å². The average molecular weight is 364 g/mol. The molecule has 0 aromatic rings. The summed E-state index contributed by atoms with van der Waals surface area (Å²) in [4.78, 5) is 13.7. The molecule has 1 heterocycles. The number of halogens is 2. The molecular formula is C12H27Cl2N3O3S. The summed E-state index contributed by atoms with van der Waals surface area (Å²) < 4.78 is 22.5. The second kappa shape index (κ2) is 10.6. The Bertz CT molecular complexity index is 391. The minimum atomic E-state index is -2.83. The molecule has 0 aromatic heterocycles. The SMILES string of the molecule is CC(C)C[C@H](N)C(=O)NCCN1CCS(=O)(=O)CC1.Cl.Cl. The number of amides is 1. The number of rotatable bonds is 6. The maximum Gasteiger partial charge on any atom is 0.236 e. The molecular weight excluding hydrogens is 337 g/mol. The van der Waals surface area contributed by atoms with E-state index in [2.05, 4.69) is 10.2 Å². The molecule has 1 atom stereocenters. The van der Waals surface area contributed by atoms with Crippen LogP contribution in [0.2, 0.25) is 0 Å². The van der Waals surface area contributed by atoms with E-state index in [0.29, 0.717) is 38.5 Å². The van der Waals surface area contributed by atoms with Gasteiger partial charge in [-0.15, -0.1) is 24.8 Å². The lowest BCUT2D eigenvalue weighted by Crippen LogP contribution is -2.47. The van der Waals surface area contributed by atoms with Crippen LogP contribution in [-0.4, -0.2) is 63.0 Å². The highest BCUT2D eigenvalue weighted by atomic mass is 35.5. The molecule has 0 aromatic carbocycles. The Morgan fingerprint density at radius 2 is 1.76 bits per heavy atom. The number of hydrogen-bond donors (Lipinski definition) is 2. The minimum absolute atomic E-state index is 0. The first-order chi connectivity index (χ1) is 8.80. The minimum Gasteiger partial charge on any atom is -0.353 e. The molecule has 128 valence electrons. The van der Waals surface area contributed by atoms with Crippen molar-refractivity contribution in [2.24, 2.45) is 11.7 Å². The van der Waals surface area contributed by atoms with E-state index >= 15 is 0 Å². The smallest absolute Gasteiger partial charge is 0.236 e. The molecule has 0 unspecified atom stereocenters. The van der Waals surface area contributed by atoms with Crippen LogP contribution in [0.3, 0.4) is 0 Å². The van der Waals surface area contributed by atoms with Crippen molar-refractivity contribution in [1.82, 2.24) is 10.2 Å². The van der Waals surface area contributed by atoms with Gasteiger partial charge in [-0.2, -0.15) is 0 Å². The molecule has 0 spiro atoms. The van der Waals surface area contributed by atoms with Crippen molar-refractivity contribution in [3.05, 3.63) is 0 Å². The molecule has 1 aliphatic rings. The van der Waals surface area contributed by atoms with Crippen LogP contribution in [-0.2, 0) is 14.6 Å². The third kappa shape index (κ3) is 9.52. The summed E-state index contributed by atoms with van der Waals surface area (Å²) in [5.74, 6) is 0.702. The Morgan fingerprint density at radius 3 is 2.24 bits per heavy atom. The second-order valence-corrected chi connectivity index (χ2v) is 7.82. The molecule has 1 fully saturated rings. The van der Waals surface area contributed by atoms with Gasteiger partial charge < -0.3 is 11.1 Å². The van der Waals surface area contributed by atoms with Gasteiger partial charge in [0.1, 0.15) is 0 Å². The van der Waals surface area contributed by atoms with E-state index in [4.69, 9.17) is 5.73 Å². The van der Waals surface area contributed by atoms with Gasteiger partial charge in [-0.3, -0.25) is 9.69 Å². The van der Waals surface area contributed by atoms with Gasteiger partial charge in [0.15, 0.2) is 9.84 Å². The summed E-state index contributed by atoms with van der Waals surface area (Å²) in [6.07, 6.45) is 0.674. The quantitative estimate of drug-likeness (QED) is 0.695. The van der Waals surface area contributed by atoms with E-state index < -0.39 is 15.9 Å². The van der Waals surface area contributed by atoms with Gasteiger partial charge in [0.25, 0.3) is 0 Å². The Kier molecular flexibility index (Phi) is 11.7. The van der Waals surface area contributed by atoms with E-state index in [1.807, 2.05) is 13.8 Å². The Balaban J connectivity index is 0. The summed E-state index contributed by atoms with van der Waals surface area (Å²) in [6.45, 7) is 6.36. The second-order valence-electron chi connectivity index (χ2n) is 5.52. The summed E-state index contributed by atoms with van der Waals surface area (Å²) >= 11 is 0. The summed E-state index contributed by atoms with van der Waals surface area (Å²) in [5, 5.41) is 2.80. The van der Waals surface area contributed by atoms with Crippen molar-refractivity contribution < 1.29 is 13.2 Å². The lowest BCUT2D eigenvalue weighted by atomic mass is 10.0. The Labute approximate surface area is 139 Å². The lowest BCUT2D eigenvalue weighted by Gasteiger charge is -2.26. The summed E-state index contributed by atoms with van der Waals surface area (Å²) in [5.41, 5.74) is 5.77. The van der Waals surface area contributed by atoms with Gasteiger partial charge in [0.05, 0.1) is 17.5 Å². The molecule has 0 bridgehead atoms. The van der Waals surface area contributed by atoms with Crippen molar-refractivity contribution in [3.8, 4) is 0 Å². The fourth-order valence-electron chi connectivity index (χ4n) is 2.06. The molecule has 1 amide bonds. The first-order valence-electron chi connectivity index (χ1n) is 6.76. The van der Waals surface area contributed by atoms with E-state index in [1.165, 1.54) is 0 Å². The Morgan fingerprint density at radius 1 is 1.24 bits per heavy atom. The van der Waals surface area contributed by atoms with Crippen LogP contribution in [0.1, 0.15) is 20.3 Å². The predicted octanol–water partition coefficient (Wildman–Crippen LogP) is 0.0500. The zero-order valence-corrected chi connectivity index (χ0v) is 15.0. The number of sulfone groups is 1. The third-order valence-corrected chi connectivity index (χ3v) is 4.84. The van der Waals surface area contributed by atoms with Crippen molar-refractivity contribution >= 4 is 40.6 Å². The number of nitrogens with one attached hydrogen (secondary N) is 1. The van der Waals surface area contributed by atoms with Crippen LogP contribution < -0.4 is 11.1 Å². The van der Waals surface area contributed by atoms with E-state index in [1.54, 1.807) is 0 Å². The largest absolute Gasteiger partial charge is 0.353 e. The van der Waals surface area contributed by atoms with Crippen molar-refractivity contribution in [1.29, 1.82) is 0 Å². The molecule has 0 aliphatic carbocycles. The van der Waals surface area contributed by atoms with Crippen LogP contribution in [0.25, 0.3) is 0 Å². The normalized spacial score (nSPS) is 19.2. The molecule has 1 rings (SSSR count). The number of carbonyl (C=O) groups is 1. The standard InChI is InChI=1S/C12H25N3O3S.2ClH/c1-10(2)9-11(13)12(16)14-3-4-15-5-7-19(17,18)8-6-15;;/h10-11H,3-9,13H2,1-2H3,(H,14,16);2*1H/t11-;;/m0../s1. The lowest BCUT2D eigenvalue weighted by molar-refractivity contribution is -0.122. The fraction of sp³-hybridized carbons (Fsp3) is 0.917. The number of carbonyl (C=O) groups excluding carboxylic acids is 1. The van der Waals surface area contributed by atoms with E-state index in [0.717, 1.165) is 0 Å². The highest BCUT2D eigenvalue weighted by molar-refractivity contribution is 7.91. The molecule has 21 heavy (non-hydrogen) atoms. The van der Waals surface area contributed by atoms with Crippen LogP contribution in [0, 0.1) is 5.92 Å². The average Bonchev–Trinajstić information content (AvgIpc) is 2.30. The molecule has 0 saturated carbocycles. The van der Waals surface area contributed by atoms with Crippen molar-refractivity contribution in [3.63, 3.8) is 0 Å². The van der Waals surface area contributed by atoms with Gasteiger partial charge in [0, 0.05) is 26.2 Å². The van der Waals surface area contributed by atoms with Crippen molar-refractivity contribution in [2.45, 2.75) is 26.3 Å². The highest BCUT2D eigenvalue weighted by Crippen LogP contribution is 2.03. The predicted molar refractivity (Wildman–Crippen MR) is 90.0 cm³/mol. The molecule has 1 aliphatic heterocycles. The number of nitrogens with two attached hydrogens (primary N) is 1. The van der Waals surface area contributed by atoms with E-state index in [-0.39, 0.29) is 42.2 Å². The maximum atomic E-state index is 11.7. The number of hydrogen-bond acceptors (Lipinski definition) is 5. The van der Waals surface area contributed by atoms with Gasteiger partial charge in [0.2, 0.25) is 5.91 Å². The molecule has 0 radical (unpaired) electrons. The molecule has 3 N–H and O–H groups in total. The van der Waals surface area contributed by atoms with Crippen molar-refractivity contribution in [2.75, 3.05) is 37.7 Å². The summed E-state index contributed by atoms with van der Waals surface area (Å²) in [7, 11) is -2.83. The maximum absolute atomic E-state index is 11.7. The third-order valence-electron chi connectivity index (χ3n) is 3.23. The van der Waals surface area contributed by atoms with Crippen LogP contribution >= 0.6 is 24.8 Å². The fourth-order valence-corrected chi connectivity index (χ4v) is 3.33. The molecule has 1 saturated heterocycles.